The van der Waals surface area contributed by atoms with Gasteiger partial charge in [0.2, 0.25) is 0 Å². The first-order chi connectivity index (χ1) is 5.16. The molecule has 3 N–H and O–H groups in total. The number of hydrogen-bond donors (Lipinski definition) is 2. The lowest BCUT2D eigenvalue weighted by atomic mass is 10.1. The summed E-state index contributed by atoms with van der Waals surface area (Å²) in [5.74, 6) is 0.431. The minimum atomic E-state index is 0.431. The molecule has 3 nitrogen and oxygen atoms in total. The molecule has 1 aromatic rings. The van der Waals surface area contributed by atoms with Gasteiger partial charge in [0.15, 0.2) is 0 Å². The topological polar surface area (TPSA) is 54.7 Å². The average molecular weight is 218 g/mol. The summed E-state index contributed by atoms with van der Waals surface area (Å²) >= 11 is 3.44. The smallest absolute Gasteiger partial charge is 0.0792 e. The maximum absolute atomic E-state index is 5.46. The normalized spacial score (nSPS) is 11.0. The van der Waals surface area contributed by atoms with Crippen molar-refractivity contribution < 1.29 is 0 Å². The lowest BCUT2D eigenvalue weighted by Crippen LogP contribution is -1.97. The van der Waals surface area contributed by atoms with E-state index in [0.29, 0.717) is 12.5 Å². The molecule has 0 radical (unpaired) electrons. The van der Waals surface area contributed by atoms with Crippen LogP contribution < -0.4 is 5.73 Å². The second kappa shape index (κ2) is 3.36. The van der Waals surface area contributed by atoms with E-state index >= 15 is 0 Å². The highest BCUT2D eigenvalue weighted by Gasteiger charge is 2.11. The molecule has 0 atom stereocenters. The number of H-pyrrole nitrogens is 1. The van der Waals surface area contributed by atoms with E-state index in [1.54, 1.807) is 0 Å². The first-order valence-electron chi connectivity index (χ1n) is 3.59. The maximum atomic E-state index is 5.46. The number of nitrogens with two attached hydrogens (primary N) is 1. The molecule has 0 saturated carbocycles. The van der Waals surface area contributed by atoms with Gasteiger partial charge in [-0.05, 0) is 21.8 Å². The van der Waals surface area contributed by atoms with Gasteiger partial charge in [-0.3, -0.25) is 5.10 Å². The molecule has 0 saturated heterocycles. The Hall–Kier alpha value is -0.350. The first-order valence-corrected chi connectivity index (χ1v) is 4.38. The van der Waals surface area contributed by atoms with E-state index in [0.717, 1.165) is 15.9 Å². The number of hydrogen-bond acceptors (Lipinski definition) is 2. The largest absolute Gasteiger partial charge is 0.325 e. The van der Waals surface area contributed by atoms with Gasteiger partial charge in [0.25, 0.3) is 0 Å². The van der Waals surface area contributed by atoms with Crippen LogP contribution in [0, 0.1) is 0 Å². The number of aromatic amines is 1. The van der Waals surface area contributed by atoms with E-state index in [-0.39, 0.29) is 0 Å². The zero-order valence-electron chi connectivity index (χ0n) is 6.69. The Morgan fingerprint density at radius 1 is 1.64 bits per heavy atom. The van der Waals surface area contributed by atoms with E-state index in [1.165, 1.54) is 0 Å². The Bertz CT molecular complexity index is 242. The molecular weight excluding hydrogens is 206 g/mol. The second-order valence-corrected chi connectivity index (χ2v) is 3.55. The Morgan fingerprint density at radius 3 is 2.55 bits per heavy atom. The standard InChI is InChI=1S/C7H12BrN3/c1-4(2)7-6(8)5(3-9)10-11-7/h4H,3,9H2,1-2H3,(H,10,11). The minimum absolute atomic E-state index is 0.431. The van der Waals surface area contributed by atoms with Crippen LogP contribution >= 0.6 is 15.9 Å². The fraction of sp³-hybridized carbons (Fsp3) is 0.571. The summed E-state index contributed by atoms with van der Waals surface area (Å²) in [6, 6.07) is 0. The van der Waals surface area contributed by atoms with Gasteiger partial charge in [-0.25, -0.2) is 0 Å². The van der Waals surface area contributed by atoms with Crippen molar-refractivity contribution in [1.82, 2.24) is 10.2 Å². The van der Waals surface area contributed by atoms with Crippen LogP contribution in [-0.4, -0.2) is 10.2 Å². The summed E-state index contributed by atoms with van der Waals surface area (Å²) in [6.07, 6.45) is 0. The Balaban J connectivity index is 3.00. The predicted octanol–water partition coefficient (Wildman–Crippen LogP) is 1.75. The average Bonchev–Trinajstić information content (AvgIpc) is 2.30. The van der Waals surface area contributed by atoms with Gasteiger partial charge in [0.1, 0.15) is 0 Å². The fourth-order valence-corrected chi connectivity index (χ4v) is 1.70. The van der Waals surface area contributed by atoms with Gasteiger partial charge in [-0.1, -0.05) is 13.8 Å². The molecule has 4 heteroatoms. The molecule has 0 fully saturated rings. The quantitative estimate of drug-likeness (QED) is 0.794. The SMILES string of the molecule is CC(C)c1n[nH]c(CN)c1Br. The van der Waals surface area contributed by atoms with Crippen LogP contribution in [0.3, 0.4) is 0 Å². The third-order valence-electron chi connectivity index (χ3n) is 1.55. The summed E-state index contributed by atoms with van der Waals surface area (Å²) in [5.41, 5.74) is 7.48. The van der Waals surface area contributed by atoms with Crippen LogP contribution in [0.25, 0.3) is 0 Å². The van der Waals surface area contributed by atoms with Gasteiger partial charge in [-0.2, -0.15) is 5.10 Å². The van der Waals surface area contributed by atoms with Crippen molar-refractivity contribution in [1.29, 1.82) is 0 Å². The highest BCUT2D eigenvalue weighted by molar-refractivity contribution is 9.10. The molecule has 0 bridgehead atoms. The molecule has 1 aromatic heterocycles. The molecule has 0 spiro atoms. The number of nitrogens with zero attached hydrogens (tertiary/aromatic N) is 1. The zero-order valence-corrected chi connectivity index (χ0v) is 8.27. The molecular formula is C7H12BrN3. The molecule has 62 valence electrons. The van der Waals surface area contributed by atoms with Gasteiger partial charge < -0.3 is 5.73 Å². The van der Waals surface area contributed by atoms with E-state index < -0.39 is 0 Å². The zero-order chi connectivity index (χ0) is 8.43. The van der Waals surface area contributed by atoms with Crippen LogP contribution in [-0.2, 0) is 6.54 Å². The summed E-state index contributed by atoms with van der Waals surface area (Å²) in [5, 5.41) is 7.02. The summed E-state index contributed by atoms with van der Waals surface area (Å²) in [7, 11) is 0. The molecule has 1 rings (SSSR count). The number of halogens is 1. The molecule has 1 heterocycles. The van der Waals surface area contributed by atoms with E-state index in [4.69, 9.17) is 5.73 Å². The van der Waals surface area contributed by atoms with Crippen molar-refractivity contribution in [2.45, 2.75) is 26.3 Å². The van der Waals surface area contributed by atoms with Crippen LogP contribution in [0.15, 0.2) is 4.47 Å². The van der Waals surface area contributed by atoms with Crippen LogP contribution in [0.5, 0.6) is 0 Å². The Labute approximate surface area is 74.5 Å². The Kier molecular flexibility index (Phi) is 2.67. The third kappa shape index (κ3) is 1.62. The highest BCUT2D eigenvalue weighted by Crippen LogP contribution is 2.24. The minimum Gasteiger partial charge on any atom is -0.325 e. The van der Waals surface area contributed by atoms with Crippen LogP contribution in [0.1, 0.15) is 31.2 Å². The third-order valence-corrected chi connectivity index (χ3v) is 2.44. The van der Waals surface area contributed by atoms with Gasteiger partial charge in [0, 0.05) is 6.54 Å². The van der Waals surface area contributed by atoms with Crippen LogP contribution in [0.4, 0.5) is 0 Å². The summed E-state index contributed by atoms with van der Waals surface area (Å²) < 4.78 is 1.02. The second-order valence-electron chi connectivity index (χ2n) is 2.76. The molecule has 0 aliphatic rings. The number of rotatable bonds is 2. The van der Waals surface area contributed by atoms with Gasteiger partial charge >= 0.3 is 0 Å². The summed E-state index contributed by atoms with van der Waals surface area (Å²) in [4.78, 5) is 0. The molecule has 11 heavy (non-hydrogen) atoms. The molecule has 0 amide bonds. The van der Waals surface area contributed by atoms with Crippen molar-refractivity contribution in [3.05, 3.63) is 15.9 Å². The molecule has 0 aliphatic carbocycles. The van der Waals surface area contributed by atoms with Crippen LogP contribution in [0.2, 0.25) is 0 Å². The monoisotopic (exact) mass is 217 g/mol. The van der Waals surface area contributed by atoms with Crippen molar-refractivity contribution in [3.8, 4) is 0 Å². The van der Waals surface area contributed by atoms with E-state index in [1.807, 2.05) is 0 Å². The lowest BCUT2D eigenvalue weighted by Gasteiger charge is -1.99. The van der Waals surface area contributed by atoms with Crippen molar-refractivity contribution in [2.75, 3.05) is 0 Å². The number of nitrogens with one attached hydrogen (secondary N) is 1. The number of aromatic nitrogens is 2. The lowest BCUT2D eigenvalue weighted by molar-refractivity contribution is 0.805. The van der Waals surface area contributed by atoms with Crippen molar-refractivity contribution in [3.63, 3.8) is 0 Å². The first kappa shape index (κ1) is 8.74. The highest BCUT2D eigenvalue weighted by atomic mass is 79.9. The Morgan fingerprint density at radius 2 is 2.27 bits per heavy atom. The van der Waals surface area contributed by atoms with Crippen molar-refractivity contribution in [2.24, 2.45) is 5.73 Å². The van der Waals surface area contributed by atoms with Crippen molar-refractivity contribution >= 4 is 15.9 Å². The maximum Gasteiger partial charge on any atom is 0.0792 e. The van der Waals surface area contributed by atoms with Gasteiger partial charge in [0.05, 0.1) is 15.9 Å². The predicted molar refractivity (Wildman–Crippen MR) is 48.3 cm³/mol. The van der Waals surface area contributed by atoms with E-state index in [9.17, 15) is 0 Å². The molecule has 0 unspecified atom stereocenters. The molecule has 0 aliphatic heterocycles. The molecule has 0 aromatic carbocycles. The van der Waals surface area contributed by atoms with Gasteiger partial charge in [-0.15, -0.1) is 0 Å². The van der Waals surface area contributed by atoms with E-state index in [2.05, 4.69) is 40.0 Å². The fourth-order valence-electron chi connectivity index (χ4n) is 0.898. The summed E-state index contributed by atoms with van der Waals surface area (Å²) in [6.45, 7) is 4.70.